The second kappa shape index (κ2) is 4.72. The van der Waals surface area contributed by atoms with Crippen molar-refractivity contribution in [2.45, 2.75) is 26.4 Å². The first-order valence-electron chi connectivity index (χ1n) is 5.85. The Bertz CT molecular complexity index is 620. The molecule has 0 atom stereocenters. The highest BCUT2D eigenvalue weighted by atomic mass is 16.6. The highest BCUT2D eigenvalue weighted by Crippen LogP contribution is 2.22. The van der Waals surface area contributed by atoms with E-state index in [2.05, 4.69) is 15.3 Å². The number of carbonyl (C=O) groups is 1. The van der Waals surface area contributed by atoms with E-state index in [9.17, 15) is 4.79 Å². The zero-order valence-corrected chi connectivity index (χ0v) is 11.1. The van der Waals surface area contributed by atoms with Crippen LogP contribution in [0.15, 0.2) is 24.5 Å². The minimum atomic E-state index is -0.564. The van der Waals surface area contributed by atoms with Gasteiger partial charge in [-0.3, -0.25) is 5.32 Å². The molecule has 0 radical (unpaired) electrons. The summed E-state index contributed by atoms with van der Waals surface area (Å²) in [5.41, 5.74) is 6.44. The third-order valence-electron chi connectivity index (χ3n) is 2.28. The first kappa shape index (κ1) is 13.1. The monoisotopic (exact) mass is 260 g/mol. The summed E-state index contributed by atoms with van der Waals surface area (Å²) in [7, 11) is 0. The molecular formula is C13H16N4O2. The van der Waals surface area contributed by atoms with Crippen LogP contribution in [-0.2, 0) is 4.74 Å². The van der Waals surface area contributed by atoms with E-state index in [1.807, 2.05) is 0 Å². The van der Waals surface area contributed by atoms with Crippen LogP contribution in [0.5, 0.6) is 0 Å². The van der Waals surface area contributed by atoms with Gasteiger partial charge in [0.15, 0.2) is 0 Å². The quantitative estimate of drug-likeness (QED) is 0.769. The van der Waals surface area contributed by atoms with E-state index in [1.165, 1.54) is 6.33 Å². The smallest absolute Gasteiger partial charge is 0.413 e. The van der Waals surface area contributed by atoms with Gasteiger partial charge < -0.3 is 10.5 Å². The molecule has 6 heteroatoms. The van der Waals surface area contributed by atoms with Crippen LogP contribution >= 0.6 is 0 Å². The molecule has 0 unspecified atom stereocenters. The number of nitrogen functional groups attached to an aromatic ring is 1. The first-order chi connectivity index (χ1) is 8.85. The number of fused-ring (bicyclic) bond motifs is 1. The SMILES string of the molecule is CC(C)(C)OC(=O)Nc1ncnc2ccc(N)cc12. The second-order valence-electron chi connectivity index (χ2n) is 5.13. The Balaban J connectivity index is 2.30. The van der Waals surface area contributed by atoms with Gasteiger partial charge in [0.1, 0.15) is 17.7 Å². The van der Waals surface area contributed by atoms with Gasteiger partial charge in [-0.2, -0.15) is 0 Å². The van der Waals surface area contributed by atoms with Crippen molar-refractivity contribution in [3.63, 3.8) is 0 Å². The van der Waals surface area contributed by atoms with Crippen LogP contribution in [0.4, 0.5) is 16.3 Å². The third kappa shape index (κ3) is 3.31. The third-order valence-corrected chi connectivity index (χ3v) is 2.28. The molecule has 1 aromatic carbocycles. The standard InChI is InChI=1S/C13H16N4O2/c1-13(2,3)19-12(18)17-11-9-6-8(14)4-5-10(9)15-7-16-11/h4-7H,14H2,1-3H3,(H,15,16,17,18). The van der Waals surface area contributed by atoms with Crippen LogP contribution in [0.2, 0.25) is 0 Å². The normalized spacial score (nSPS) is 11.3. The van der Waals surface area contributed by atoms with Gasteiger partial charge in [0.2, 0.25) is 0 Å². The molecule has 2 aromatic rings. The predicted octanol–water partition coefficient (Wildman–Crippen LogP) is 2.56. The van der Waals surface area contributed by atoms with E-state index in [-0.39, 0.29) is 0 Å². The molecule has 0 aliphatic rings. The molecule has 0 bridgehead atoms. The van der Waals surface area contributed by atoms with Crippen molar-refractivity contribution in [3.05, 3.63) is 24.5 Å². The van der Waals surface area contributed by atoms with Gasteiger partial charge in [-0.15, -0.1) is 0 Å². The van der Waals surface area contributed by atoms with Crippen molar-refractivity contribution < 1.29 is 9.53 Å². The number of nitrogens with zero attached hydrogens (tertiary/aromatic N) is 2. The van der Waals surface area contributed by atoms with E-state index < -0.39 is 11.7 Å². The van der Waals surface area contributed by atoms with Crippen LogP contribution in [0.25, 0.3) is 10.9 Å². The molecule has 3 N–H and O–H groups in total. The van der Waals surface area contributed by atoms with Gasteiger partial charge >= 0.3 is 6.09 Å². The summed E-state index contributed by atoms with van der Waals surface area (Å²) in [5.74, 6) is 0.381. The Morgan fingerprint density at radius 1 is 1.32 bits per heavy atom. The van der Waals surface area contributed by atoms with Crippen molar-refractivity contribution >= 4 is 28.5 Å². The number of anilines is 2. The molecule has 0 aliphatic heterocycles. The van der Waals surface area contributed by atoms with Crippen molar-refractivity contribution in [3.8, 4) is 0 Å². The van der Waals surface area contributed by atoms with Gasteiger partial charge in [0.25, 0.3) is 0 Å². The predicted molar refractivity (Wildman–Crippen MR) is 73.8 cm³/mol. The van der Waals surface area contributed by atoms with Gasteiger partial charge in [-0.1, -0.05) is 0 Å². The summed E-state index contributed by atoms with van der Waals surface area (Å²) in [4.78, 5) is 19.9. The topological polar surface area (TPSA) is 90.1 Å². The number of ether oxygens (including phenoxy) is 1. The Hall–Kier alpha value is -2.37. The number of nitrogens with two attached hydrogens (primary N) is 1. The Morgan fingerprint density at radius 3 is 2.74 bits per heavy atom. The van der Waals surface area contributed by atoms with Crippen molar-refractivity contribution in [2.24, 2.45) is 0 Å². The average molecular weight is 260 g/mol. The molecule has 0 saturated carbocycles. The molecular weight excluding hydrogens is 244 g/mol. The lowest BCUT2D eigenvalue weighted by Gasteiger charge is -2.19. The van der Waals surface area contributed by atoms with E-state index in [0.717, 1.165) is 0 Å². The van der Waals surface area contributed by atoms with E-state index in [1.54, 1.807) is 39.0 Å². The number of carbonyl (C=O) groups excluding carboxylic acids is 1. The summed E-state index contributed by atoms with van der Waals surface area (Å²) < 4.78 is 5.18. The fraction of sp³-hybridized carbons (Fsp3) is 0.308. The van der Waals surface area contributed by atoms with E-state index in [4.69, 9.17) is 10.5 Å². The fourth-order valence-electron chi connectivity index (χ4n) is 1.57. The summed E-state index contributed by atoms with van der Waals surface area (Å²) in [6.07, 6.45) is 0.820. The average Bonchev–Trinajstić information content (AvgIpc) is 2.27. The molecule has 0 fully saturated rings. The largest absolute Gasteiger partial charge is 0.444 e. The lowest BCUT2D eigenvalue weighted by molar-refractivity contribution is 0.0635. The molecule has 19 heavy (non-hydrogen) atoms. The Labute approximate surface area is 111 Å². The maximum absolute atomic E-state index is 11.7. The Morgan fingerprint density at radius 2 is 2.05 bits per heavy atom. The molecule has 0 aliphatic carbocycles. The van der Waals surface area contributed by atoms with Gasteiger partial charge in [-0.05, 0) is 39.0 Å². The lowest BCUT2D eigenvalue weighted by atomic mass is 10.2. The van der Waals surface area contributed by atoms with Crippen molar-refractivity contribution in [2.75, 3.05) is 11.1 Å². The van der Waals surface area contributed by atoms with Crippen LogP contribution in [0.3, 0.4) is 0 Å². The number of nitrogens with one attached hydrogen (secondary N) is 1. The van der Waals surface area contributed by atoms with Crippen LogP contribution in [-0.4, -0.2) is 21.7 Å². The maximum Gasteiger partial charge on any atom is 0.413 e. The lowest BCUT2D eigenvalue weighted by Crippen LogP contribution is -2.27. The summed E-state index contributed by atoms with van der Waals surface area (Å²) in [6, 6.07) is 5.22. The number of rotatable bonds is 1. The van der Waals surface area contributed by atoms with Crippen molar-refractivity contribution in [1.29, 1.82) is 0 Å². The van der Waals surface area contributed by atoms with E-state index in [0.29, 0.717) is 22.4 Å². The van der Waals surface area contributed by atoms with Crippen LogP contribution in [0, 0.1) is 0 Å². The molecule has 100 valence electrons. The van der Waals surface area contributed by atoms with Gasteiger partial charge in [0, 0.05) is 11.1 Å². The van der Waals surface area contributed by atoms with Gasteiger partial charge in [0.05, 0.1) is 5.52 Å². The first-order valence-corrected chi connectivity index (χ1v) is 5.85. The number of aromatic nitrogens is 2. The fourth-order valence-corrected chi connectivity index (χ4v) is 1.57. The molecule has 2 rings (SSSR count). The Kier molecular flexibility index (Phi) is 3.25. The second-order valence-corrected chi connectivity index (χ2v) is 5.13. The molecule has 1 heterocycles. The highest BCUT2D eigenvalue weighted by Gasteiger charge is 2.17. The molecule has 1 amide bonds. The highest BCUT2D eigenvalue weighted by molar-refractivity contribution is 5.97. The molecule has 1 aromatic heterocycles. The van der Waals surface area contributed by atoms with Crippen molar-refractivity contribution in [1.82, 2.24) is 9.97 Å². The number of amides is 1. The minimum Gasteiger partial charge on any atom is -0.444 e. The molecule has 6 nitrogen and oxygen atoms in total. The van der Waals surface area contributed by atoms with Gasteiger partial charge in [-0.25, -0.2) is 14.8 Å². The number of benzene rings is 1. The minimum absolute atomic E-state index is 0.381. The maximum atomic E-state index is 11.7. The zero-order valence-electron chi connectivity index (χ0n) is 11.1. The summed E-state index contributed by atoms with van der Waals surface area (Å²) in [5, 5.41) is 3.28. The molecule has 0 saturated heterocycles. The van der Waals surface area contributed by atoms with Crippen LogP contribution in [0.1, 0.15) is 20.8 Å². The number of hydrogen-bond donors (Lipinski definition) is 2. The molecule has 0 spiro atoms. The summed E-state index contributed by atoms with van der Waals surface area (Å²) in [6.45, 7) is 5.38. The summed E-state index contributed by atoms with van der Waals surface area (Å²) >= 11 is 0. The zero-order chi connectivity index (χ0) is 14.0. The van der Waals surface area contributed by atoms with E-state index >= 15 is 0 Å². The number of hydrogen-bond acceptors (Lipinski definition) is 5. The van der Waals surface area contributed by atoms with Crippen LogP contribution < -0.4 is 11.1 Å².